The fraction of sp³-hybridized carbons (Fsp3) is 0.385. The van der Waals surface area contributed by atoms with Crippen LogP contribution in [0, 0.1) is 0 Å². The Balaban J connectivity index is 3.11. The van der Waals surface area contributed by atoms with Crippen LogP contribution in [0.5, 0.6) is 0 Å². The molecule has 0 heterocycles. The first-order valence-electron chi connectivity index (χ1n) is 5.84. The highest BCUT2D eigenvalue weighted by molar-refractivity contribution is 9.10. The van der Waals surface area contributed by atoms with Crippen molar-refractivity contribution >= 4 is 39.4 Å². The molecule has 104 valence electrons. The number of rotatable bonds is 5. The highest BCUT2D eigenvalue weighted by Gasteiger charge is 2.24. The van der Waals surface area contributed by atoms with Crippen molar-refractivity contribution in [3.8, 4) is 0 Å². The van der Waals surface area contributed by atoms with E-state index in [-0.39, 0.29) is 18.5 Å². The molecule has 0 aliphatic rings. The average molecular weight is 349 g/mol. The summed E-state index contributed by atoms with van der Waals surface area (Å²) in [7, 11) is 0. The molecule has 4 nitrogen and oxygen atoms in total. The van der Waals surface area contributed by atoms with Crippen LogP contribution in [0.3, 0.4) is 0 Å². The van der Waals surface area contributed by atoms with Gasteiger partial charge in [-0.05, 0) is 47.5 Å². The van der Waals surface area contributed by atoms with Crippen molar-refractivity contribution < 1.29 is 14.7 Å². The van der Waals surface area contributed by atoms with Gasteiger partial charge in [-0.15, -0.1) is 0 Å². The summed E-state index contributed by atoms with van der Waals surface area (Å²) in [6.07, 6.45) is 0.678. The molecule has 0 aliphatic carbocycles. The molecule has 1 rings (SSSR count). The Kier molecular flexibility index (Phi) is 5.82. The SMILES string of the molecule is CCC(C)N(CC(=O)O)C(=O)c1cc(Cl)ccc1Br. The highest BCUT2D eigenvalue weighted by Crippen LogP contribution is 2.23. The molecule has 0 aromatic heterocycles. The number of carboxylic acid groups (broad SMARTS) is 1. The molecule has 1 unspecified atom stereocenters. The standard InChI is InChI=1S/C13H15BrClNO3/c1-3-8(2)16(7-12(17)18)13(19)10-6-9(15)4-5-11(10)14/h4-6,8H,3,7H2,1-2H3,(H,17,18). The smallest absolute Gasteiger partial charge is 0.323 e. The highest BCUT2D eigenvalue weighted by atomic mass is 79.9. The first-order valence-corrected chi connectivity index (χ1v) is 7.01. The van der Waals surface area contributed by atoms with E-state index in [2.05, 4.69) is 15.9 Å². The lowest BCUT2D eigenvalue weighted by Gasteiger charge is -2.27. The number of halogens is 2. The zero-order valence-corrected chi connectivity index (χ0v) is 13.0. The number of carbonyl (C=O) groups excluding carboxylic acids is 1. The maximum atomic E-state index is 12.4. The van der Waals surface area contributed by atoms with Crippen molar-refractivity contribution in [2.24, 2.45) is 0 Å². The fourth-order valence-corrected chi connectivity index (χ4v) is 2.20. The summed E-state index contributed by atoms with van der Waals surface area (Å²) in [6.45, 7) is 3.39. The molecule has 0 saturated heterocycles. The van der Waals surface area contributed by atoms with Gasteiger partial charge >= 0.3 is 5.97 Å². The third kappa shape index (κ3) is 4.21. The first kappa shape index (κ1) is 16.0. The number of carbonyl (C=O) groups is 2. The fourth-order valence-electron chi connectivity index (χ4n) is 1.61. The van der Waals surface area contributed by atoms with Crippen LogP contribution in [0.15, 0.2) is 22.7 Å². The van der Waals surface area contributed by atoms with E-state index < -0.39 is 5.97 Å². The number of hydrogen-bond donors (Lipinski definition) is 1. The van der Waals surface area contributed by atoms with E-state index in [1.807, 2.05) is 13.8 Å². The first-order chi connectivity index (χ1) is 8.86. The van der Waals surface area contributed by atoms with E-state index in [0.29, 0.717) is 21.5 Å². The molecular weight excluding hydrogens is 334 g/mol. The molecule has 1 atom stereocenters. The van der Waals surface area contributed by atoms with Gasteiger partial charge in [-0.1, -0.05) is 18.5 Å². The van der Waals surface area contributed by atoms with Gasteiger partial charge in [-0.3, -0.25) is 9.59 Å². The lowest BCUT2D eigenvalue weighted by molar-refractivity contribution is -0.138. The van der Waals surface area contributed by atoms with Gasteiger partial charge in [0.05, 0.1) is 5.56 Å². The minimum absolute atomic E-state index is 0.158. The molecular formula is C13H15BrClNO3. The second-order valence-electron chi connectivity index (χ2n) is 4.21. The largest absolute Gasteiger partial charge is 0.480 e. The van der Waals surface area contributed by atoms with Gasteiger partial charge in [0.2, 0.25) is 0 Å². The quantitative estimate of drug-likeness (QED) is 0.887. The maximum absolute atomic E-state index is 12.4. The van der Waals surface area contributed by atoms with E-state index in [1.54, 1.807) is 12.1 Å². The van der Waals surface area contributed by atoms with Gasteiger partial charge in [0.1, 0.15) is 6.54 Å². The van der Waals surface area contributed by atoms with Gasteiger partial charge in [0, 0.05) is 15.5 Å². The van der Waals surface area contributed by atoms with Crippen molar-refractivity contribution in [1.29, 1.82) is 0 Å². The minimum atomic E-state index is -1.04. The molecule has 0 aliphatic heterocycles. The average Bonchev–Trinajstić information content (AvgIpc) is 2.37. The number of aliphatic carboxylic acids is 1. The molecule has 19 heavy (non-hydrogen) atoms. The van der Waals surface area contributed by atoms with Crippen LogP contribution in [0.25, 0.3) is 0 Å². The van der Waals surface area contributed by atoms with Gasteiger partial charge < -0.3 is 10.0 Å². The molecule has 0 spiro atoms. The number of benzene rings is 1. The summed E-state index contributed by atoms with van der Waals surface area (Å²) in [6, 6.07) is 4.71. The van der Waals surface area contributed by atoms with Crippen LogP contribution >= 0.6 is 27.5 Å². The van der Waals surface area contributed by atoms with Gasteiger partial charge in [0.15, 0.2) is 0 Å². The van der Waals surface area contributed by atoms with Gasteiger partial charge in [-0.2, -0.15) is 0 Å². The van der Waals surface area contributed by atoms with Crippen LogP contribution in [0.4, 0.5) is 0 Å². The van der Waals surface area contributed by atoms with Crippen LogP contribution in [-0.2, 0) is 4.79 Å². The van der Waals surface area contributed by atoms with Crippen molar-refractivity contribution in [2.45, 2.75) is 26.3 Å². The molecule has 1 aromatic carbocycles. The normalized spacial score (nSPS) is 12.0. The number of amides is 1. The molecule has 1 amide bonds. The minimum Gasteiger partial charge on any atom is -0.480 e. The topological polar surface area (TPSA) is 57.6 Å². The Bertz CT molecular complexity index is 493. The molecule has 0 fully saturated rings. The molecule has 1 N–H and O–H groups in total. The second kappa shape index (κ2) is 6.91. The van der Waals surface area contributed by atoms with Crippen LogP contribution in [0.1, 0.15) is 30.6 Å². The molecule has 0 saturated carbocycles. The Hall–Kier alpha value is -1.07. The third-order valence-corrected chi connectivity index (χ3v) is 3.77. The Morgan fingerprint density at radius 2 is 2.11 bits per heavy atom. The van der Waals surface area contributed by atoms with E-state index in [1.165, 1.54) is 11.0 Å². The zero-order chi connectivity index (χ0) is 14.6. The second-order valence-corrected chi connectivity index (χ2v) is 5.50. The predicted octanol–water partition coefficient (Wildman–Crippen LogP) is 3.43. The Morgan fingerprint density at radius 1 is 1.47 bits per heavy atom. The molecule has 0 bridgehead atoms. The Labute approximate surface area is 125 Å². The summed E-state index contributed by atoms with van der Waals surface area (Å²) in [4.78, 5) is 24.6. The van der Waals surface area contributed by atoms with Crippen LogP contribution in [0.2, 0.25) is 5.02 Å². The van der Waals surface area contributed by atoms with Crippen LogP contribution < -0.4 is 0 Å². The summed E-state index contributed by atoms with van der Waals surface area (Å²) < 4.78 is 0.598. The Morgan fingerprint density at radius 3 is 2.63 bits per heavy atom. The van der Waals surface area contributed by atoms with E-state index >= 15 is 0 Å². The van der Waals surface area contributed by atoms with Crippen molar-refractivity contribution in [3.05, 3.63) is 33.3 Å². The summed E-state index contributed by atoms with van der Waals surface area (Å²) >= 11 is 9.16. The zero-order valence-electron chi connectivity index (χ0n) is 10.7. The number of carboxylic acids is 1. The van der Waals surface area contributed by atoms with Crippen LogP contribution in [-0.4, -0.2) is 34.5 Å². The van der Waals surface area contributed by atoms with Crippen molar-refractivity contribution in [2.75, 3.05) is 6.54 Å². The van der Waals surface area contributed by atoms with E-state index in [9.17, 15) is 9.59 Å². The summed E-state index contributed by atoms with van der Waals surface area (Å²) in [5, 5.41) is 9.35. The molecule has 6 heteroatoms. The molecule has 0 radical (unpaired) electrons. The van der Waals surface area contributed by atoms with Crippen molar-refractivity contribution in [1.82, 2.24) is 4.90 Å². The number of hydrogen-bond acceptors (Lipinski definition) is 2. The number of nitrogens with zero attached hydrogens (tertiary/aromatic N) is 1. The third-order valence-electron chi connectivity index (χ3n) is 2.85. The van der Waals surface area contributed by atoms with E-state index in [4.69, 9.17) is 16.7 Å². The summed E-state index contributed by atoms with van der Waals surface area (Å²) in [5.74, 6) is -1.38. The molecule has 1 aromatic rings. The van der Waals surface area contributed by atoms with Crippen molar-refractivity contribution in [3.63, 3.8) is 0 Å². The monoisotopic (exact) mass is 347 g/mol. The van der Waals surface area contributed by atoms with Gasteiger partial charge in [-0.25, -0.2) is 0 Å². The van der Waals surface area contributed by atoms with E-state index in [0.717, 1.165) is 0 Å². The lowest BCUT2D eigenvalue weighted by Crippen LogP contribution is -2.42. The summed E-state index contributed by atoms with van der Waals surface area (Å²) in [5.41, 5.74) is 0.369. The predicted molar refractivity (Wildman–Crippen MR) is 77.6 cm³/mol. The maximum Gasteiger partial charge on any atom is 0.323 e. The van der Waals surface area contributed by atoms with Gasteiger partial charge in [0.25, 0.3) is 5.91 Å². The lowest BCUT2D eigenvalue weighted by atomic mass is 10.1.